The van der Waals surface area contributed by atoms with Crippen LogP contribution in [0.2, 0.25) is 0 Å². The van der Waals surface area contributed by atoms with E-state index in [9.17, 15) is 14.4 Å². The fourth-order valence-corrected chi connectivity index (χ4v) is 2.62. The third kappa shape index (κ3) is 4.79. The first-order valence-electron chi connectivity index (χ1n) is 8.32. The molecule has 7 N–H and O–H groups in total. The summed E-state index contributed by atoms with van der Waals surface area (Å²) < 4.78 is 0. The number of nitrogen functional groups attached to an aromatic ring is 1. The van der Waals surface area contributed by atoms with Gasteiger partial charge in [0.15, 0.2) is 0 Å². The van der Waals surface area contributed by atoms with E-state index < -0.39 is 18.0 Å². The number of amides is 3. The average Bonchev–Trinajstić information content (AvgIpc) is 2.57. The summed E-state index contributed by atoms with van der Waals surface area (Å²) in [6, 6.07) is 5.92. The van der Waals surface area contributed by atoms with Gasteiger partial charge in [-0.1, -0.05) is 24.3 Å². The first-order valence-corrected chi connectivity index (χ1v) is 8.32. The number of benzene rings is 1. The van der Waals surface area contributed by atoms with E-state index >= 15 is 0 Å². The van der Waals surface area contributed by atoms with Crippen molar-refractivity contribution in [1.82, 2.24) is 15.5 Å². The molecule has 1 aliphatic rings. The fourth-order valence-electron chi connectivity index (χ4n) is 2.62. The lowest BCUT2D eigenvalue weighted by Crippen LogP contribution is -2.61. The van der Waals surface area contributed by atoms with Crippen molar-refractivity contribution in [3.63, 3.8) is 0 Å². The minimum Gasteiger partial charge on any atom is -0.384 e. The number of hydrogen-bond acceptors (Lipinski definition) is 5. The molecule has 9 nitrogen and oxygen atoms in total. The number of likely N-dealkylation sites (tertiary alicyclic amines) is 1. The normalized spacial score (nSPS) is 17.1. The van der Waals surface area contributed by atoms with Gasteiger partial charge in [0.2, 0.25) is 17.7 Å². The molecule has 0 spiro atoms. The van der Waals surface area contributed by atoms with Crippen LogP contribution in [0.25, 0.3) is 0 Å². The zero-order chi connectivity index (χ0) is 19.3. The van der Waals surface area contributed by atoms with E-state index in [0.29, 0.717) is 25.1 Å². The third-order valence-corrected chi connectivity index (χ3v) is 4.29. The molecule has 0 aliphatic carbocycles. The van der Waals surface area contributed by atoms with Crippen molar-refractivity contribution >= 4 is 23.6 Å². The van der Waals surface area contributed by atoms with Gasteiger partial charge in [-0.05, 0) is 18.9 Å². The minimum atomic E-state index is -0.586. The second kappa shape index (κ2) is 8.43. The number of nitrogens with one attached hydrogen (secondary N) is 3. The van der Waals surface area contributed by atoms with Crippen molar-refractivity contribution in [2.75, 3.05) is 13.1 Å². The van der Waals surface area contributed by atoms with Crippen LogP contribution >= 0.6 is 0 Å². The molecule has 2 rings (SSSR count). The first kappa shape index (κ1) is 19.4. The summed E-state index contributed by atoms with van der Waals surface area (Å²) in [6.45, 7) is 2.38. The van der Waals surface area contributed by atoms with E-state index in [-0.39, 0.29) is 24.2 Å². The Morgan fingerprint density at radius 3 is 2.42 bits per heavy atom. The van der Waals surface area contributed by atoms with Crippen molar-refractivity contribution in [2.45, 2.75) is 32.0 Å². The van der Waals surface area contributed by atoms with Gasteiger partial charge in [-0.3, -0.25) is 25.1 Å². The van der Waals surface area contributed by atoms with Crippen LogP contribution in [0.4, 0.5) is 0 Å². The minimum absolute atomic E-state index is 0.0109. The molecule has 9 heteroatoms. The van der Waals surface area contributed by atoms with E-state index in [1.165, 1.54) is 4.90 Å². The van der Waals surface area contributed by atoms with E-state index in [0.717, 1.165) is 5.56 Å². The summed E-state index contributed by atoms with van der Waals surface area (Å²) in [5.74, 6) is -1.01. The summed E-state index contributed by atoms with van der Waals surface area (Å²) in [5.41, 5.74) is 11.9. The molecule has 3 amide bonds. The molecule has 0 aromatic heterocycles. The molecule has 2 atom stereocenters. The molecule has 140 valence electrons. The highest BCUT2D eigenvalue weighted by atomic mass is 16.2. The maximum Gasteiger partial charge on any atom is 0.243 e. The predicted octanol–water partition coefficient (Wildman–Crippen LogP) is -1.35. The van der Waals surface area contributed by atoms with Crippen LogP contribution in [0, 0.1) is 5.41 Å². The van der Waals surface area contributed by atoms with Crippen LogP contribution in [-0.2, 0) is 20.9 Å². The number of hydrogen-bond donors (Lipinski definition) is 5. The summed E-state index contributed by atoms with van der Waals surface area (Å²) >= 11 is 0. The summed E-state index contributed by atoms with van der Waals surface area (Å²) in [6.07, 6.45) is 0.601. The number of nitrogens with zero attached hydrogens (tertiary/aromatic N) is 1. The lowest BCUT2D eigenvalue weighted by molar-refractivity contribution is -0.148. The van der Waals surface area contributed by atoms with Gasteiger partial charge in [0.1, 0.15) is 11.9 Å². The quantitative estimate of drug-likeness (QED) is 0.286. The fraction of sp³-hybridized carbons (Fsp3) is 0.412. The molecule has 1 aromatic carbocycles. The maximum absolute atomic E-state index is 12.3. The van der Waals surface area contributed by atoms with Crippen LogP contribution < -0.4 is 22.1 Å². The summed E-state index contributed by atoms with van der Waals surface area (Å²) in [5, 5.41) is 12.9. The number of carbonyl (C=O) groups excluding carboxylic acids is 3. The van der Waals surface area contributed by atoms with Gasteiger partial charge in [0.25, 0.3) is 0 Å². The maximum atomic E-state index is 12.3. The predicted molar refractivity (Wildman–Crippen MR) is 96.1 cm³/mol. The zero-order valence-corrected chi connectivity index (χ0v) is 14.6. The highest BCUT2D eigenvalue weighted by molar-refractivity contribution is 5.95. The first-order chi connectivity index (χ1) is 12.3. The van der Waals surface area contributed by atoms with Gasteiger partial charge in [0, 0.05) is 18.7 Å². The second-order valence-corrected chi connectivity index (χ2v) is 6.23. The lowest BCUT2D eigenvalue weighted by Gasteiger charge is -2.41. The molecule has 1 fully saturated rings. The molecule has 0 radical (unpaired) electrons. The van der Waals surface area contributed by atoms with Crippen LogP contribution in [-0.4, -0.2) is 53.6 Å². The molecule has 26 heavy (non-hydrogen) atoms. The Morgan fingerprint density at radius 2 is 1.92 bits per heavy atom. The number of nitrogens with two attached hydrogens (primary N) is 2. The molecule has 0 saturated carbocycles. The third-order valence-electron chi connectivity index (χ3n) is 4.29. The van der Waals surface area contributed by atoms with E-state index in [1.807, 2.05) is 0 Å². The number of amidine groups is 1. The molecule has 1 heterocycles. The standard InChI is InChI=1S/C17H24N6O3/c1-10(21-9-14(18)24)17(26)23-7-6-13(23)16(25)22-8-11-2-4-12(5-3-11)15(19)20/h2-5,10,13,21H,6-9H2,1H3,(H2,18,24)(H3,19,20)(H,22,25)/t10-,13+/m1/s1. The molecule has 1 aromatic rings. The van der Waals surface area contributed by atoms with Crippen molar-refractivity contribution < 1.29 is 14.4 Å². The smallest absolute Gasteiger partial charge is 0.243 e. The Kier molecular flexibility index (Phi) is 6.29. The van der Waals surface area contributed by atoms with Gasteiger partial charge in [-0.25, -0.2) is 0 Å². The highest BCUT2D eigenvalue weighted by Crippen LogP contribution is 2.19. The Hall–Kier alpha value is -2.94. The van der Waals surface area contributed by atoms with E-state index in [4.69, 9.17) is 16.9 Å². The van der Waals surface area contributed by atoms with Gasteiger partial charge < -0.3 is 21.7 Å². The van der Waals surface area contributed by atoms with E-state index in [2.05, 4.69) is 10.6 Å². The van der Waals surface area contributed by atoms with Crippen LogP contribution in [0.3, 0.4) is 0 Å². The van der Waals surface area contributed by atoms with Gasteiger partial charge in [-0.15, -0.1) is 0 Å². The average molecular weight is 360 g/mol. The summed E-state index contributed by atoms with van der Waals surface area (Å²) in [7, 11) is 0. The van der Waals surface area contributed by atoms with Crippen molar-refractivity contribution in [3.8, 4) is 0 Å². The molecular formula is C17H24N6O3. The van der Waals surface area contributed by atoms with Crippen molar-refractivity contribution in [1.29, 1.82) is 5.41 Å². The second-order valence-electron chi connectivity index (χ2n) is 6.23. The van der Waals surface area contributed by atoms with Crippen molar-refractivity contribution in [3.05, 3.63) is 35.4 Å². The van der Waals surface area contributed by atoms with E-state index in [1.54, 1.807) is 31.2 Å². The number of carbonyl (C=O) groups is 3. The molecule has 1 saturated heterocycles. The molecule has 1 aliphatic heterocycles. The number of rotatable bonds is 8. The highest BCUT2D eigenvalue weighted by Gasteiger charge is 2.38. The zero-order valence-electron chi connectivity index (χ0n) is 14.6. The topological polar surface area (TPSA) is 154 Å². The summed E-state index contributed by atoms with van der Waals surface area (Å²) in [4.78, 5) is 36.9. The Bertz CT molecular complexity index is 703. The van der Waals surface area contributed by atoms with Gasteiger partial charge in [-0.2, -0.15) is 0 Å². The number of primary amides is 1. The molecule has 0 bridgehead atoms. The largest absolute Gasteiger partial charge is 0.384 e. The SMILES string of the molecule is C[C@@H](NCC(N)=O)C(=O)N1CC[C@H]1C(=O)NCc1ccc(C(=N)N)cc1. The van der Waals surface area contributed by atoms with Crippen LogP contribution in [0.5, 0.6) is 0 Å². The Morgan fingerprint density at radius 1 is 1.27 bits per heavy atom. The monoisotopic (exact) mass is 360 g/mol. The van der Waals surface area contributed by atoms with Gasteiger partial charge in [0.05, 0.1) is 12.6 Å². The van der Waals surface area contributed by atoms with Gasteiger partial charge >= 0.3 is 0 Å². The van der Waals surface area contributed by atoms with Crippen molar-refractivity contribution in [2.24, 2.45) is 11.5 Å². The van der Waals surface area contributed by atoms with Crippen LogP contribution in [0.1, 0.15) is 24.5 Å². The Labute approximate surface area is 151 Å². The Balaban J connectivity index is 1.84. The molecule has 0 unspecified atom stereocenters. The molecular weight excluding hydrogens is 336 g/mol. The lowest BCUT2D eigenvalue weighted by atomic mass is 10.0. The van der Waals surface area contributed by atoms with Crippen LogP contribution in [0.15, 0.2) is 24.3 Å².